The molecule has 0 unspecified atom stereocenters. The van der Waals surface area contributed by atoms with E-state index in [0.717, 1.165) is 0 Å². The first kappa shape index (κ1) is 18.8. The van der Waals surface area contributed by atoms with E-state index in [4.69, 9.17) is 4.74 Å². The number of aromatic nitrogens is 3. The van der Waals surface area contributed by atoms with Gasteiger partial charge in [-0.25, -0.2) is 16.8 Å². The molecule has 1 fully saturated rings. The normalized spacial score (nSPS) is 17.3. The highest BCUT2D eigenvalue weighted by Crippen LogP contribution is 2.27. The lowest BCUT2D eigenvalue weighted by atomic mass is 10.2. The quantitative estimate of drug-likeness (QED) is 0.716. The molecule has 11 heteroatoms. The van der Waals surface area contributed by atoms with Crippen molar-refractivity contribution in [2.45, 2.75) is 28.1 Å². The summed E-state index contributed by atoms with van der Waals surface area (Å²) in [5.41, 5.74) is 0. The fraction of sp³-hybridized carbons (Fsp3) is 0.467. The van der Waals surface area contributed by atoms with Gasteiger partial charge in [0.15, 0.2) is 0 Å². The average molecular weight is 400 g/mol. The smallest absolute Gasteiger partial charge is 0.249 e. The predicted molar refractivity (Wildman–Crippen MR) is 93.0 cm³/mol. The largest absolute Gasteiger partial charge is 0.497 e. The van der Waals surface area contributed by atoms with Crippen molar-refractivity contribution in [2.24, 2.45) is 7.05 Å². The Balaban J connectivity index is 1.77. The number of aryl methyl sites for hydroxylation is 1. The molecule has 1 aliphatic rings. The summed E-state index contributed by atoms with van der Waals surface area (Å²) in [5.74, 6) is 0.450. The molecule has 0 atom stereocenters. The molecule has 0 N–H and O–H groups in total. The zero-order chi connectivity index (χ0) is 18.9. The number of methoxy groups -OCH3 is 1. The molecular formula is C15H20N4O5S2. The van der Waals surface area contributed by atoms with E-state index in [-0.39, 0.29) is 36.0 Å². The minimum Gasteiger partial charge on any atom is -0.497 e. The lowest BCUT2D eigenvalue weighted by Gasteiger charge is -2.30. The second-order valence-electron chi connectivity index (χ2n) is 6.05. The first-order valence-corrected chi connectivity index (χ1v) is 11.0. The second kappa shape index (κ2) is 6.97. The van der Waals surface area contributed by atoms with Gasteiger partial charge in [0, 0.05) is 26.2 Å². The molecule has 0 bridgehead atoms. The van der Waals surface area contributed by atoms with Gasteiger partial charge in [0.05, 0.1) is 17.3 Å². The van der Waals surface area contributed by atoms with Gasteiger partial charge < -0.3 is 9.30 Å². The number of hydrogen-bond acceptors (Lipinski definition) is 7. The molecule has 142 valence electrons. The lowest BCUT2D eigenvalue weighted by molar-refractivity contribution is 0.344. The van der Waals surface area contributed by atoms with Crippen molar-refractivity contribution in [1.29, 1.82) is 0 Å². The van der Waals surface area contributed by atoms with Crippen molar-refractivity contribution in [1.82, 2.24) is 19.1 Å². The third-order valence-electron chi connectivity index (χ3n) is 4.44. The van der Waals surface area contributed by atoms with Gasteiger partial charge in [-0.1, -0.05) is 6.07 Å². The van der Waals surface area contributed by atoms with Crippen LogP contribution in [0.5, 0.6) is 5.75 Å². The van der Waals surface area contributed by atoms with Crippen molar-refractivity contribution >= 4 is 19.9 Å². The average Bonchev–Trinajstić information content (AvgIpc) is 3.08. The molecule has 9 nitrogen and oxygen atoms in total. The summed E-state index contributed by atoms with van der Waals surface area (Å²) in [6, 6.07) is 6.23. The third kappa shape index (κ3) is 3.33. The van der Waals surface area contributed by atoms with Crippen molar-refractivity contribution < 1.29 is 21.6 Å². The lowest BCUT2D eigenvalue weighted by Crippen LogP contribution is -2.42. The van der Waals surface area contributed by atoms with Gasteiger partial charge in [-0.05, 0) is 25.0 Å². The number of sulfonamides is 1. The van der Waals surface area contributed by atoms with E-state index in [2.05, 4.69) is 10.2 Å². The topological polar surface area (TPSA) is 111 Å². The fourth-order valence-corrected chi connectivity index (χ4v) is 6.22. The van der Waals surface area contributed by atoms with E-state index in [1.165, 1.54) is 34.4 Å². The predicted octanol–water partition coefficient (Wildman–Crippen LogP) is 0.451. The summed E-state index contributed by atoms with van der Waals surface area (Å²) >= 11 is 0. The molecule has 2 heterocycles. The van der Waals surface area contributed by atoms with Gasteiger partial charge in [0.25, 0.3) is 0 Å². The van der Waals surface area contributed by atoms with Crippen LogP contribution in [0.2, 0.25) is 0 Å². The molecule has 1 saturated heterocycles. The molecule has 2 aromatic rings. The number of sulfone groups is 1. The number of rotatable bonds is 5. The molecule has 1 aliphatic heterocycles. The summed E-state index contributed by atoms with van der Waals surface area (Å²) in [7, 11) is -4.31. The van der Waals surface area contributed by atoms with Gasteiger partial charge in [-0.2, -0.15) is 4.31 Å². The van der Waals surface area contributed by atoms with Gasteiger partial charge in [0.1, 0.15) is 12.1 Å². The van der Waals surface area contributed by atoms with Crippen LogP contribution >= 0.6 is 0 Å². The van der Waals surface area contributed by atoms with Crippen LogP contribution in [0, 0.1) is 0 Å². The van der Waals surface area contributed by atoms with Crippen molar-refractivity contribution in [3.05, 3.63) is 30.6 Å². The number of benzene rings is 1. The maximum absolute atomic E-state index is 12.8. The molecular weight excluding hydrogens is 380 g/mol. The Labute approximate surface area is 152 Å². The highest BCUT2D eigenvalue weighted by molar-refractivity contribution is 7.92. The number of hydrogen-bond donors (Lipinski definition) is 0. The van der Waals surface area contributed by atoms with Gasteiger partial charge in [-0.3, -0.25) is 0 Å². The van der Waals surface area contributed by atoms with Gasteiger partial charge >= 0.3 is 0 Å². The fourth-order valence-electron chi connectivity index (χ4n) is 2.97. The number of nitrogens with zero attached hydrogens (tertiary/aromatic N) is 4. The Morgan fingerprint density at radius 2 is 1.85 bits per heavy atom. The van der Waals surface area contributed by atoms with E-state index in [1.54, 1.807) is 19.2 Å². The monoisotopic (exact) mass is 400 g/mol. The summed E-state index contributed by atoms with van der Waals surface area (Å²) < 4.78 is 58.7. The van der Waals surface area contributed by atoms with Crippen molar-refractivity contribution in [3.8, 4) is 5.75 Å². The third-order valence-corrected chi connectivity index (χ3v) is 8.57. The van der Waals surface area contributed by atoms with Crippen LogP contribution in [0.3, 0.4) is 0 Å². The van der Waals surface area contributed by atoms with Gasteiger partial charge in [-0.15, -0.1) is 10.2 Å². The zero-order valence-electron chi connectivity index (χ0n) is 14.4. The summed E-state index contributed by atoms with van der Waals surface area (Å²) in [5, 5.41) is 6.52. The minimum atomic E-state index is -3.70. The molecule has 0 radical (unpaired) electrons. The molecule has 0 aliphatic carbocycles. The molecule has 1 aromatic heterocycles. The molecule has 26 heavy (non-hydrogen) atoms. The van der Waals surface area contributed by atoms with Crippen LogP contribution in [0.4, 0.5) is 0 Å². The molecule has 0 spiro atoms. The highest BCUT2D eigenvalue weighted by Gasteiger charge is 2.37. The minimum absolute atomic E-state index is 0.0911. The Morgan fingerprint density at radius 3 is 2.42 bits per heavy atom. The van der Waals surface area contributed by atoms with Crippen LogP contribution in [0.15, 0.2) is 40.6 Å². The van der Waals surface area contributed by atoms with E-state index in [1.807, 2.05) is 0 Å². The SMILES string of the molecule is COc1cccc(S(=O)(=O)N2CCC(S(=O)(=O)c3nncn3C)CC2)c1. The first-order valence-electron chi connectivity index (χ1n) is 7.99. The van der Waals surface area contributed by atoms with E-state index >= 15 is 0 Å². The Bertz CT molecular complexity index is 993. The van der Waals surface area contributed by atoms with Crippen LogP contribution in [0.1, 0.15) is 12.8 Å². The zero-order valence-corrected chi connectivity index (χ0v) is 16.1. The van der Waals surface area contributed by atoms with E-state index in [9.17, 15) is 16.8 Å². The van der Waals surface area contributed by atoms with E-state index in [0.29, 0.717) is 5.75 Å². The van der Waals surface area contributed by atoms with Crippen molar-refractivity contribution in [3.63, 3.8) is 0 Å². The van der Waals surface area contributed by atoms with Crippen LogP contribution < -0.4 is 4.74 Å². The Morgan fingerprint density at radius 1 is 1.15 bits per heavy atom. The maximum Gasteiger partial charge on any atom is 0.249 e. The standard InChI is InChI=1S/C15H20N4O5S2/c1-18-11-16-17-15(18)25(20,21)13-6-8-19(9-7-13)26(22,23)14-5-3-4-12(10-14)24-2/h3-5,10-11,13H,6-9H2,1-2H3. The molecule has 0 saturated carbocycles. The van der Waals surface area contributed by atoms with Crippen LogP contribution in [-0.2, 0) is 26.9 Å². The summed E-state index contributed by atoms with van der Waals surface area (Å²) in [6.07, 6.45) is 1.74. The van der Waals surface area contributed by atoms with Crippen LogP contribution in [0.25, 0.3) is 0 Å². The van der Waals surface area contributed by atoms with E-state index < -0.39 is 25.1 Å². The molecule has 3 rings (SSSR count). The molecule has 0 amide bonds. The number of ether oxygens (including phenoxy) is 1. The number of piperidine rings is 1. The Hall–Kier alpha value is -1.98. The summed E-state index contributed by atoms with van der Waals surface area (Å²) in [6.45, 7) is 0.253. The summed E-state index contributed by atoms with van der Waals surface area (Å²) in [4.78, 5) is 0.131. The Kier molecular flexibility index (Phi) is 5.04. The van der Waals surface area contributed by atoms with Crippen molar-refractivity contribution in [2.75, 3.05) is 20.2 Å². The van der Waals surface area contributed by atoms with Crippen LogP contribution in [-0.4, -0.2) is 61.4 Å². The van der Waals surface area contributed by atoms with Gasteiger partial charge in [0.2, 0.25) is 25.0 Å². The maximum atomic E-state index is 12.8. The second-order valence-corrected chi connectivity index (χ2v) is 10.1. The first-order chi connectivity index (χ1) is 12.3. The highest BCUT2D eigenvalue weighted by atomic mass is 32.2. The molecule has 1 aromatic carbocycles.